The van der Waals surface area contributed by atoms with E-state index in [4.69, 9.17) is 0 Å². The van der Waals surface area contributed by atoms with Gasteiger partial charge in [-0.2, -0.15) is 0 Å². The van der Waals surface area contributed by atoms with E-state index in [0.29, 0.717) is 0 Å². The van der Waals surface area contributed by atoms with Crippen LogP contribution in [-0.2, 0) is 0 Å². The van der Waals surface area contributed by atoms with E-state index in [-0.39, 0.29) is 0 Å². The zero-order valence-corrected chi connectivity index (χ0v) is 18.5. The smallest absolute Gasteiger partial charge is 0.00264 e. The minimum Gasteiger partial charge on any atom is -0.0616 e. The summed E-state index contributed by atoms with van der Waals surface area (Å²) in [6.45, 7) is 0. The average molecular weight is 429 g/mol. The molecular weight excluding hydrogens is 408 g/mol. The van der Waals surface area contributed by atoms with Crippen molar-refractivity contribution in [3.05, 3.63) is 121 Å². The molecule has 0 nitrogen and oxygen atoms in total. The molecule has 8 rings (SSSR count). The van der Waals surface area contributed by atoms with Gasteiger partial charge < -0.3 is 0 Å². The molecule has 0 unspecified atom stereocenters. The molecule has 0 aromatic heterocycles. The van der Waals surface area contributed by atoms with Crippen LogP contribution in [0.4, 0.5) is 0 Å². The lowest BCUT2D eigenvalue weighted by atomic mass is 9.92. The number of fused-ring (bicyclic) bond motifs is 9. The highest BCUT2D eigenvalue weighted by Crippen LogP contribution is 2.37. The van der Waals surface area contributed by atoms with E-state index in [1.807, 2.05) is 0 Å². The van der Waals surface area contributed by atoms with Gasteiger partial charge in [0.05, 0.1) is 0 Å². The molecule has 0 N–H and O–H groups in total. The van der Waals surface area contributed by atoms with Gasteiger partial charge in [0, 0.05) is 0 Å². The maximum Gasteiger partial charge on any atom is -0.00264 e. The molecule has 0 spiro atoms. The van der Waals surface area contributed by atoms with Gasteiger partial charge in [-0.1, -0.05) is 72.8 Å². The maximum atomic E-state index is 2.39. The summed E-state index contributed by atoms with van der Waals surface area (Å²) in [5.41, 5.74) is 0. The quantitative estimate of drug-likeness (QED) is 0.166. The predicted molar refractivity (Wildman–Crippen MR) is 149 cm³/mol. The lowest BCUT2D eigenvalue weighted by Gasteiger charge is -2.12. The van der Waals surface area contributed by atoms with E-state index in [9.17, 15) is 0 Å². The molecule has 8 aromatic carbocycles. The Labute approximate surface area is 196 Å². The third kappa shape index (κ3) is 2.54. The first-order valence-corrected chi connectivity index (χ1v) is 11.8. The van der Waals surface area contributed by atoms with Gasteiger partial charge in [0.1, 0.15) is 0 Å². The normalized spacial score (nSPS) is 12.1. The monoisotopic (exact) mass is 428 g/mol. The van der Waals surface area contributed by atoms with Gasteiger partial charge in [0.15, 0.2) is 0 Å². The summed E-state index contributed by atoms with van der Waals surface area (Å²) >= 11 is 0. The van der Waals surface area contributed by atoms with Crippen molar-refractivity contribution < 1.29 is 0 Å². The Morgan fingerprint density at radius 1 is 0.235 bits per heavy atom. The fourth-order valence-electron chi connectivity index (χ4n) is 5.77. The predicted octanol–water partition coefficient (Wildman–Crippen LogP) is 9.76. The third-order valence-electron chi connectivity index (χ3n) is 7.46. The van der Waals surface area contributed by atoms with Crippen LogP contribution >= 0.6 is 0 Å². The Kier molecular flexibility index (Phi) is 3.48. The van der Waals surface area contributed by atoms with Gasteiger partial charge in [0.25, 0.3) is 0 Å². The van der Waals surface area contributed by atoms with Gasteiger partial charge in [-0.25, -0.2) is 0 Å². The van der Waals surface area contributed by atoms with Crippen molar-refractivity contribution in [2.24, 2.45) is 0 Å². The number of rotatable bonds is 0. The molecule has 156 valence electrons. The van der Waals surface area contributed by atoms with Crippen molar-refractivity contribution in [3.63, 3.8) is 0 Å². The second kappa shape index (κ2) is 6.56. The van der Waals surface area contributed by atoms with Crippen LogP contribution in [0.25, 0.3) is 75.4 Å². The maximum absolute atomic E-state index is 2.39. The molecule has 0 fully saturated rings. The first kappa shape index (κ1) is 18.1. The summed E-state index contributed by atoms with van der Waals surface area (Å²) in [6.07, 6.45) is 0. The Bertz CT molecular complexity index is 1960. The molecule has 0 atom stereocenters. The lowest BCUT2D eigenvalue weighted by molar-refractivity contribution is 1.78. The highest BCUT2D eigenvalue weighted by atomic mass is 14.1. The van der Waals surface area contributed by atoms with Crippen LogP contribution in [0.3, 0.4) is 0 Å². The molecule has 8 aromatic rings. The second-order valence-electron chi connectivity index (χ2n) is 9.47. The molecule has 0 saturated heterocycles. The van der Waals surface area contributed by atoms with Gasteiger partial charge in [-0.05, 0) is 124 Å². The standard InChI is InChI=1S/C34H20/c1-3-7-24-15-30-19-32-26(17-28(30)13-22(24)5-1)11-9-21-10-12-27-18-29-14-23-6-2-4-8-25(23)16-31(29)20-33(27)34(21)32/h1-20H. The van der Waals surface area contributed by atoms with Crippen molar-refractivity contribution in [2.45, 2.75) is 0 Å². The second-order valence-corrected chi connectivity index (χ2v) is 9.47. The number of benzene rings is 8. The Hall–Kier alpha value is -4.42. The van der Waals surface area contributed by atoms with Crippen LogP contribution in [0, 0.1) is 0 Å². The van der Waals surface area contributed by atoms with Crippen LogP contribution in [0.1, 0.15) is 0 Å². The molecule has 0 bridgehead atoms. The van der Waals surface area contributed by atoms with E-state index in [1.165, 1.54) is 75.4 Å². The molecule has 34 heavy (non-hydrogen) atoms. The first-order chi connectivity index (χ1) is 16.8. The number of hydrogen-bond donors (Lipinski definition) is 0. The summed E-state index contributed by atoms with van der Waals surface area (Å²) in [5, 5.41) is 18.2. The molecular formula is C34H20. The third-order valence-corrected chi connectivity index (χ3v) is 7.46. The van der Waals surface area contributed by atoms with Crippen LogP contribution in [0.15, 0.2) is 121 Å². The van der Waals surface area contributed by atoms with Crippen molar-refractivity contribution in [2.75, 3.05) is 0 Å². The van der Waals surface area contributed by atoms with Crippen molar-refractivity contribution in [1.29, 1.82) is 0 Å². The van der Waals surface area contributed by atoms with Crippen molar-refractivity contribution >= 4 is 75.4 Å². The van der Waals surface area contributed by atoms with Gasteiger partial charge in [-0.15, -0.1) is 0 Å². The summed E-state index contributed by atoms with van der Waals surface area (Å²) in [7, 11) is 0. The highest BCUT2D eigenvalue weighted by molar-refractivity contribution is 6.24. The minimum atomic E-state index is 1.29. The fourth-order valence-corrected chi connectivity index (χ4v) is 5.77. The SMILES string of the molecule is c1ccc2cc3cc4c(ccc5ccc6cc7cc8ccccc8cc7cc6c54)cc3cc2c1. The largest absolute Gasteiger partial charge is 0.0616 e. The van der Waals surface area contributed by atoms with Gasteiger partial charge in [0.2, 0.25) is 0 Å². The molecule has 0 aliphatic carbocycles. The minimum absolute atomic E-state index is 1.29. The Morgan fingerprint density at radius 3 is 0.971 bits per heavy atom. The lowest BCUT2D eigenvalue weighted by Crippen LogP contribution is -1.84. The summed E-state index contributed by atoms with van der Waals surface area (Å²) in [5.74, 6) is 0. The van der Waals surface area contributed by atoms with Gasteiger partial charge >= 0.3 is 0 Å². The van der Waals surface area contributed by atoms with Crippen LogP contribution in [-0.4, -0.2) is 0 Å². The molecule has 0 amide bonds. The number of hydrogen-bond acceptors (Lipinski definition) is 0. The van der Waals surface area contributed by atoms with E-state index in [2.05, 4.69) is 121 Å². The van der Waals surface area contributed by atoms with E-state index in [1.54, 1.807) is 0 Å². The summed E-state index contributed by atoms with van der Waals surface area (Å²) < 4.78 is 0. The van der Waals surface area contributed by atoms with Crippen molar-refractivity contribution in [3.8, 4) is 0 Å². The Morgan fingerprint density at radius 2 is 0.559 bits per heavy atom. The molecule has 0 heterocycles. The van der Waals surface area contributed by atoms with E-state index in [0.717, 1.165) is 0 Å². The zero-order valence-electron chi connectivity index (χ0n) is 18.5. The first-order valence-electron chi connectivity index (χ1n) is 11.8. The fraction of sp³-hybridized carbons (Fsp3) is 0. The van der Waals surface area contributed by atoms with Crippen molar-refractivity contribution in [1.82, 2.24) is 0 Å². The van der Waals surface area contributed by atoms with E-state index >= 15 is 0 Å². The Balaban J connectivity index is 1.52. The summed E-state index contributed by atoms with van der Waals surface area (Å²) in [6, 6.07) is 45.1. The topological polar surface area (TPSA) is 0 Å². The summed E-state index contributed by atoms with van der Waals surface area (Å²) in [4.78, 5) is 0. The molecule has 0 aliphatic rings. The van der Waals surface area contributed by atoms with Crippen LogP contribution in [0.5, 0.6) is 0 Å². The molecule has 0 heteroatoms. The highest BCUT2D eigenvalue weighted by Gasteiger charge is 2.09. The van der Waals surface area contributed by atoms with E-state index < -0.39 is 0 Å². The average Bonchev–Trinajstić information content (AvgIpc) is 2.88. The van der Waals surface area contributed by atoms with Gasteiger partial charge in [-0.3, -0.25) is 0 Å². The molecule has 0 saturated carbocycles. The van der Waals surface area contributed by atoms with Crippen LogP contribution < -0.4 is 0 Å². The zero-order chi connectivity index (χ0) is 22.2. The van der Waals surface area contributed by atoms with Crippen LogP contribution in [0.2, 0.25) is 0 Å². The molecule has 0 radical (unpaired) electrons. The molecule has 0 aliphatic heterocycles.